The van der Waals surface area contributed by atoms with Gasteiger partial charge in [0.05, 0.1) is 0 Å². The molecule has 0 atom stereocenters. The van der Waals surface area contributed by atoms with Gasteiger partial charge >= 0.3 is 23.6 Å². The zero-order chi connectivity index (χ0) is 14.7. The first-order chi connectivity index (χ1) is 10.3. The molecule has 2 amide bonds. The molecule has 2 aromatic heterocycles. The molecule has 0 N–H and O–H groups in total. The lowest BCUT2D eigenvalue weighted by molar-refractivity contribution is 0.0678. The van der Waals surface area contributed by atoms with Gasteiger partial charge < -0.3 is 18.6 Å². The molecule has 110 valence electrons. The van der Waals surface area contributed by atoms with E-state index >= 15 is 0 Å². The highest BCUT2D eigenvalue weighted by atomic mass is 16.4. The predicted molar refractivity (Wildman–Crippen MR) is 65.0 cm³/mol. The summed E-state index contributed by atoms with van der Waals surface area (Å²) in [4.78, 5) is 27.4. The van der Waals surface area contributed by atoms with Crippen LogP contribution in [0.2, 0.25) is 0 Å². The van der Waals surface area contributed by atoms with Gasteiger partial charge in [-0.15, -0.1) is 20.4 Å². The van der Waals surface area contributed by atoms with Crippen molar-refractivity contribution in [3.8, 4) is 0 Å². The second kappa shape index (κ2) is 5.69. The first-order valence-electron chi connectivity index (χ1n) is 6.36. The van der Waals surface area contributed by atoms with Crippen LogP contribution < -0.4 is 0 Å². The van der Waals surface area contributed by atoms with Crippen molar-refractivity contribution in [3.05, 3.63) is 24.6 Å². The summed E-state index contributed by atoms with van der Waals surface area (Å²) in [6, 6.07) is 0. The van der Waals surface area contributed by atoms with Crippen molar-refractivity contribution in [2.24, 2.45) is 0 Å². The van der Waals surface area contributed by atoms with E-state index in [9.17, 15) is 9.59 Å². The van der Waals surface area contributed by atoms with Crippen LogP contribution in [0.4, 0.5) is 0 Å². The topological polar surface area (TPSA) is 118 Å². The number of hydrogen-bond acceptors (Lipinski definition) is 8. The Morgan fingerprint density at radius 2 is 1.33 bits per heavy atom. The normalized spacial score (nSPS) is 15.8. The molecule has 0 radical (unpaired) electrons. The van der Waals surface area contributed by atoms with Crippen molar-refractivity contribution in [2.45, 2.75) is 6.42 Å². The maximum Gasteiger partial charge on any atom is 0.311 e. The van der Waals surface area contributed by atoms with Gasteiger partial charge in [0.1, 0.15) is 0 Å². The lowest BCUT2D eigenvalue weighted by atomic mass is 10.3. The Kier molecular flexibility index (Phi) is 3.58. The molecule has 3 rings (SSSR count). The molecule has 0 unspecified atom stereocenters. The van der Waals surface area contributed by atoms with E-state index in [0.29, 0.717) is 32.6 Å². The molecule has 1 aliphatic heterocycles. The molecule has 10 heteroatoms. The predicted octanol–water partition coefficient (Wildman–Crippen LogP) is -0.559. The molecule has 1 saturated heterocycles. The Morgan fingerprint density at radius 1 is 0.857 bits per heavy atom. The third-order valence-corrected chi connectivity index (χ3v) is 3.16. The van der Waals surface area contributed by atoms with Gasteiger partial charge in [-0.2, -0.15) is 0 Å². The molecular weight excluding hydrogens is 280 g/mol. The molecule has 0 bridgehead atoms. The summed E-state index contributed by atoms with van der Waals surface area (Å²) < 4.78 is 9.79. The summed E-state index contributed by atoms with van der Waals surface area (Å²) in [6.45, 7) is 1.77. The molecule has 21 heavy (non-hydrogen) atoms. The Labute approximate surface area is 118 Å². The first kappa shape index (κ1) is 13.2. The molecular formula is C11H12N6O4. The van der Waals surface area contributed by atoms with Crippen LogP contribution in [0.5, 0.6) is 0 Å². The molecule has 0 aromatic carbocycles. The van der Waals surface area contributed by atoms with E-state index < -0.39 is 0 Å². The number of nitrogens with zero attached hydrogens (tertiary/aromatic N) is 6. The Bertz CT molecular complexity index is 556. The van der Waals surface area contributed by atoms with Crippen LogP contribution in [0.3, 0.4) is 0 Å². The van der Waals surface area contributed by atoms with Gasteiger partial charge in [0, 0.05) is 26.2 Å². The number of hydrogen-bond donors (Lipinski definition) is 0. The summed E-state index contributed by atoms with van der Waals surface area (Å²) in [5.41, 5.74) is 0. The molecule has 10 nitrogen and oxygen atoms in total. The first-order valence-corrected chi connectivity index (χ1v) is 6.36. The maximum atomic E-state index is 12.1. The largest absolute Gasteiger partial charge is 0.420 e. The lowest BCUT2D eigenvalue weighted by Crippen LogP contribution is -2.37. The number of aromatic nitrogens is 4. The second-order valence-electron chi connectivity index (χ2n) is 4.43. The highest BCUT2D eigenvalue weighted by Crippen LogP contribution is 2.09. The van der Waals surface area contributed by atoms with Crippen molar-refractivity contribution in [1.29, 1.82) is 0 Å². The van der Waals surface area contributed by atoms with Gasteiger partial charge in [0.25, 0.3) is 0 Å². The van der Waals surface area contributed by atoms with Gasteiger partial charge in [-0.1, -0.05) is 0 Å². The van der Waals surface area contributed by atoms with Gasteiger partial charge in [-0.05, 0) is 6.42 Å². The fraction of sp³-hybridized carbons (Fsp3) is 0.455. The monoisotopic (exact) mass is 292 g/mol. The fourth-order valence-electron chi connectivity index (χ4n) is 2.13. The summed E-state index contributed by atoms with van der Waals surface area (Å²) >= 11 is 0. The van der Waals surface area contributed by atoms with Crippen LogP contribution >= 0.6 is 0 Å². The minimum Gasteiger partial charge on any atom is -0.420 e. The Morgan fingerprint density at radius 3 is 1.71 bits per heavy atom. The van der Waals surface area contributed by atoms with E-state index in [1.54, 1.807) is 9.80 Å². The minimum atomic E-state index is -0.334. The Balaban J connectivity index is 1.64. The van der Waals surface area contributed by atoms with Crippen LogP contribution in [-0.4, -0.2) is 68.2 Å². The zero-order valence-corrected chi connectivity index (χ0v) is 11.0. The molecule has 0 aliphatic carbocycles. The van der Waals surface area contributed by atoms with Gasteiger partial charge in [0.2, 0.25) is 12.8 Å². The number of carbonyl (C=O) groups is 2. The van der Waals surface area contributed by atoms with E-state index in [4.69, 9.17) is 8.83 Å². The lowest BCUT2D eigenvalue weighted by Gasteiger charge is -2.19. The minimum absolute atomic E-state index is 0.0494. The van der Waals surface area contributed by atoms with Crippen LogP contribution in [0.1, 0.15) is 27.8 Å². The van der Waals surface area contributed by atoms with Crippen molar-refractivity contribution >= 4 is 11.8 Å². The number of amides is 2. The van der Waals surface area contributed by atoms with E-state index in [-0.39, 0.29) is 23.6 Å². The zero-order valence-electron chi connectivity index (χ0n) is 11.0. The molecule has 3 heterocycles. The van der Waals surface area contributed by atoms with Crippen LogP contribution in [-0.2, 0) is 0 Å². The van der Waals surface area contributed by atoms with E-state index in [2.05, 4.69) is 20.4 Å². The van der Waals surface area contributed by atoms with Gasteiger partial charge in [0.15, 0.2) is 0 Å². The van der Waals surface area contributed by atoms with Crippen molar-refractivity contribution in [3.63, 3.8) is 0 Å². The number of carbonyl (C=O) groups excluding carboxylic acids is 2. The summed E-state index contributed by atoms with van der Waals surface area (Å²) in [7, 11) is 0. The average Bonchev–Trinajstić information content (AvgIpc) is 3.15. The second-order valence-corrected chi connectivity index (χ2v) is 4.43. The Hall–Kier alpha value is -2.78. The average molecular weight is 292 g/mol. The van der Waals surface area contributed by atoms with Crippen LogP contribution in [0, 0.1) is 0 Å². The SMILES string of the molecule is O=C(c1nnco1)N1CCCN(C(=O)c2nnco2)CC1. The van der Waals surface area contributed by atoms with Gasteiger partial charge in [-0.25, -0.2) is 0 Å². The van der Waals surface area contributed by atoms with Crippen molar-refractivity contribution < 1.29 is 18.4 Å². The van der Waals surface area contributed by atoms with Crippen LogP contribution in [0.15, 0.2) is 21.6 Å². The highest BCUT2D eigenvalue weighted by Gasteiger charge is 2.27. The molecule has 1 fully saturated rings. The summed E-state index contributed by atoms with van der Waals surface area (Å²) in [6.07, 6.45) is 2.85. The van der Waals surface area contributed by atoms with E-state index in [1.165, 1.54) is 0 Å². The van der Waals surface area contributed by atoms with Crippen molar-refractivity contribution in [2.75, 3.05) is 26.2 Å². The summed E-state index contributed by atoms with van der Waals surface area (Å²) in [5, 5.41) is 14.2. The third-order valence-electron chi connectivity index (χ3n) is 3.16. The number of rotatable bonds is 2. The molecule has 0 saturated carbocycles. The third kappa shape index (κ3) is 2.73. The standard InChI is InChI=1S/C11H12N6O4/c18-10(8-14-12-6-20-8)16-2-1-3-17(5-4-16)11(19)9-15-13-7-21-9/h6-7H,1-5H2. The molecule has 2 aromatic rings. The molecule has 0 spiro atoms. The van der Waals surface area contributed by atoms with Crippen LogP contribution in [0.25, 0.3) is 0 Å². The summed E-state index contributed by atoms with van der Waals surface area (Å²) in [5.74, 6) is -0.766. The quantitative estimate of drug-likeness (QED) is 0.722. The highest BCUT2D eigenvalue weighted by molar-refractivity contribution is 5.90. The van der Waals surface area contributed by atoms with E-state index in [0.717, 1.165) is 12.8 Å². The maximum absolute atomic E-state index is 12.1. The smallest absolute Gasteiger partial charge is 0.311 e. The fourth-order valence-corrected chi connectivity index (χ4v) is 2.13. The van der Waals surface area contributed by atoms with Crippen molar-refractivity contribution in [1.82, 2.24) is 30.2 Å². The molecule has 1 aliphatic rings. The van der Waals surface area contributed by atoms with E-state index in [1.807, 2.05) is 0 Å². The van der Waals surface area contributed by atoms with Gasteiger partial charge in [-0.3, -0.25) is 9.59 Å².